The molecule has 0 spiro atoms. The van der Waals surface area contributed by atoms with E-state index in [-0.39, 0.29) is 0 Å². The second kappa shape index (κ2) is 3.28. The minimum atomic E-state index is 0.834. The van der Waals surface area contributed by atoms with Crippen molar-refractivity contribution in [2.45, 2.75) is 6.92 Å². The summed E-state index contributed by atoms with van der Waals surface area (Å²) in [5.41, 5.74) is 2.07. The lowest BCUT2D eigenvalue weighted by Crippen LogP contribution is -1.91. The second-order valence-electron chi connectivity index (χ2n) is 3.19. The fraction of sp³-hybridized carbons (Fsp3) is 0.300. The van der Waals surface area contributed by atoms with Gasteiger partial charge in [0.15, 0.2) is 0 Å². The van der Waals surface area contributed by atoms with Gasteiger partial charge in [0.1, 0.15) is 11.6 Å². The highest BCUT2D eigenvalue weighted by Gasteiger charge is 2.08. The van der Waals surface area contributed by atoms with Crippen molar-refractivity contribution >= 4 is 27.0 Å². The zero-order chi connectivity index (χ0) is 10.3. The Morgan fingerprint density at radius 1 is 1.43 bits per heavy atom. The molecule has 0 fully saturated rings. The summed E-state index contributed by atoms with van der Waals surface area (Å²) < 4.78 is 8.21. The molecule has 2 rings (SSSR count). The third-order valence-corrected chi connectivity index (χ3v) is 3.00. The Hall–Kier alpha value is -1.03. The van der Waals surface area contributed by atoms with E-state index in [1.807, 2.05) is 30.7 Å². The molecular formula is C10H11BrN2O. The van der Waals surface area contributed by atoms with Crippen LogP contribution in [0.15, 0.2) is 16.6 Å². The quantitative estimate of drug-likeness (QED) is 0.783. The predicted molar refractivity (Wildman–Crippen MR) is 59.7 cm³/mol. The lowest BCUT2D eigenvalue weighted by atomic mass is 10.3. The Kier molecular flexibility index (Phi) is 2.23. The molecule has 0 bridgehead atoms. The van der Waals surface area contributed by atoms with E-state index < -0.39 is 0 Å². The normalized spacial score (nSPS) is 10.9. The molecule has 0 saturated heterocycles. The second-order valence-corrected chi connectivity index (χ2v) is 4.05. The van der Waals surface area contributed by atoms with Gasteiger partial charge in [0.2, 0.25) is 0 Å². The Morgan fingerprint density at radius 3 is 2.79 bits per heavy atom. The maximum atomic E-state index is 5.23. The number of aryl methyl sites for hydroxylation is 2. The fourth-order valence-electron chi connectivity index (χ4n) is 1.47. The first kappa shape index (κ1) is 9.52. The van der Waals surface area contributed by atoms with Gasteiger partial charge in [-0.15, -0.1) is 0 Å². The monoisotopic (exact) mass is 254 g/mol. The smallest absolute Gasteiger partial charge is 0.135 e. The van der Waals surface area contributed by atoms with E-state index >= 15 is 0 Å². The van der Waals surface area contributed by atoms with Crippen LogP contribution in [-0.2, 0) is 7.05 Å². The van der Waals surface area contributed by atoms with Crippen molar-refractivity contribution in [2.24, 2.45) is 7.05 Å². The average Bonchev–Trinajstić information content (AvgIpc) is 2.41. The Bertz CT molecular complexity index is 490. The molecule has 4 heteroatoms. The van der Waals surface area contributed by atoms with Gasteiger partial charge in [-0.2, -0.15) is 0 Å². The summed E-state index contributed by atoms with van der Waals surface area (Å²) in [7, 11) is 3.66. The summed E-state index contributed by atoms with van der Waals surface area (Å²) in [5, 5.41) is 0. The fourth-order valence-corrected chi connectivity index (χ4v) is 1.96. The molecule has 0 amide bonds. The molecule has 0 unspecified atom stereocenters. The van der Waals surface area contributed by atoms with Gasteiger partial charge >= 0.3 is 0 Å². The van der Waals surface area contributed by atoms with Gasteiger partial charge in [-0.05, 0) is 28.9 Å². The SMILES string of the molecule is COc1cc2c(cc1Br)nc(C)n2C. The molecule has 0 N–H and O–H groups in total. The zero-order valence-electron chi connectivity index (χ0n) is 8.34. The first-order valence-corrected chi connectivity index (χ1v) is 5.09. The number of ether oxygens (including phenoxy) is 1. The van der Waals surface area contributed by atoms with Crippen LogP contribution >= 0.6 is 15.9 Å². The predicted octanol–water partition coefficient (Wildman–Crippen LogP) is 2.65. The molecule has 14 heavy (non-hydrogen) atoms. The molecule has 0 saturated carbocycles. The molecule has 1 heterocycles. The van der Waals surface area contributed by atoms with Crippen LogP contribution in [0.1, 0.15) is 5.82 Å². The van der Waals surface area contributed by atoms with Gasteiger partial charge in [-0.1, -0.05) is 0 Å². The summed E-state index contributed by atoms with van der Waals surface area (Å²) in [6, 6.07) is 3.96. The van der Waals surface area contributed by atoms with Gasteiger partial charge in [0.05, 0.1) is 22.6 Å². The van der Waals surface area contributed by atoms with Crippen molar-refractivity contribution in [1.29, 1.82) is 0 Å². The summed E-state index contributed by atoms with van der Waals surface area (Å²) in [6.45, 7) is 1.99. The van der Waals surface area contributed by atoms with E-state index in [2.05, 4.69) is 20.9 Å². The number of halogens is 1. The Morgan fingerprint density at radius 2 is 2.14 bits per heavy atom. The molecule has 0 aliphatic rings. The molecule has 74 valence electrons. The highest BCUT2D eigenvalue weighted by Crippen LogP contribution is 2.29. The summed E-state index contributed by atoms with van der Waals surface area (Å²) in [6.07, 6.45) is 0. The first-order chi connectivity index (χ1) is 6.63. The number of fused-ring (bicyclic) bond motifs is 1. The van der Waals surface area contributed by atoms with E-state index in [0.717, 1.165) is 27.1 Å². The molecule has 0 radical (unpaired) electrons. The maximum Gasteiger partial charge on any atom is 0.135 e. The van der Waals surface area contributed by atoms with E-state index in [9.17, 15) is 0 Å². The first-order valence-electron chi connectivity index (χ1n) is 4.30. The molecule has 0 aliphatic heterocycles. The van der Waals surface area contributed by atoms with Gasteiger partial charge in [0.25, 0.3) is 0 Å². The third kappa shape index (κ3) is 1.30. The number of hydrogen-bond acceptors (Lipinski definition) is 2. The van der Waals surface area contributed by atoms with Crippen LogP contribution in [0.3, 0.4) is 0 Å². The number of methoxy groups -OCH3 is 1. The lowest BCUT2D eigenvalue weighted by Gasteiger charge is -2.03. The molecule has 2 aromatic rings. The standard InChI is InChI=1S/C10H11BrN2O/c1-6-12-8-4-7(11)10(14-3)5-9(8)13(6)2/h4-5H,1-3H3. The van der Waals surface area contributed by atoms with E-state index in [1.165, 1.54) is 0 Å². The molecular weight excluding hydrogens is 244 g/mol. The van der Waals surface area contributed by atoms with Crippen molar-refractivity contribution in [3.8, 4) is 5.75 Å². The van der Waals surface area contributed by atoms with Gasteiger partial charge < -0.3 is 9.30 Å². The largest absolute Gasteiger partial charge is 0.495 e. The minimum Gasteiger partial charge on any atom is -0.495 e. The number of rotatable bonds is 1. The lowest BCUT2D eigenvalue weighted by molar-refractivity contribution is 0.412. The van der Waals surface area contributed by atoms with Crippen molar-refractivity contribution in [3.05, 3.63) is 22.4 Å². The highest BCUT2D eigenvalue weighted by atomic mass is 79.9. The Balaban J connectivity index is 2.80. The minimum absolute atomic E-state index is 0.834. The highest BCUT2D eigenvalue weighted by molar-refractivity contribution is 9.10. The maximum absolute atomic E-state index is 5.23. The van der Waals surface area contributed by atoms with Crippen LogP contribution in [0.4, 0.5) is 0 Å². The number of imidazole rings is 1. The number of hydrogen-bond donors (Lipinski definition) is 0. The van der Waals surface area contributed by atoms with Crippen molar-refractivity contribution in [1.82, 2.24) is 9.55 Å². The summed E-state index contributed by atoms with van der Waals surface area (Å²) in [4.78, 5) is 4.43. The number of aromatic nitrogens is 2. The van der Waals surface area contributed by atoms with Crippen molar-refractivity contribution < 1.29 is 4.74 Å². The van der Waals surface area contributed by atoms with Crippen LogP contribution in [0.2, 0.25) is 0 Å². The average molecular weight is 255 g/mol. The summed E-state index contributed by atoms with van der Waals surface area (Å²) >= 11 is 3.44. The van der Waals surface area contributed by atoms with Crippen LogP contribution in [0.25, 0.3) is 11.0 Å². The van der Waals surface area contributed by atoms with Crippen LogP contribution in [-0.4, -0.2) is 16.7 Å². The molecule has 0 aliphatic carbocycles. The van der Waals surface area contributed by atoms with Crippen molar-refractivity contribution in [2.75, 3.05) is 7.11 Å². The van der Waals surface area contributed by atoms with Crippen molar-refractivity contribution in [3.63, 3.8) is 0 Å². The van der Waals surface area contributed by atoms with E-state index in [0.29, 0.717) is 0 Å². The van der Waals surface area contributed by atoms with Gasteiger partial charge in [-0.25, -0.2) is 4.98 Å². The van der Waals surface area contributed by atoms with Gasteiger partial charge in [-0.3, -0.25) is 0 Å². The Labute approximate surface area is 90.8 Å². The third-order valence-electron chi connectivity index (χ3n) is 2.38. The van der Waals surface area contributed by atoms with E-state index in [1.54, 1.807) is 7.11 Å². The van der Waals surface area contributed by atoms with Gasteiger partial charge in [0, 0.05) is 13.1 Å². The topological polar surface area (TPSA) is 27.1 Å². The molecule has 0 atom stereocenters. The molecule has 1 aromatic heterocycles. The summed E-state index contributed by atoms with van der Waals surface area (Å²) in [5.74, 6) is 1.83. The van der Waals surface area contributed by atoms with Crippen LogP contribution in [0, 0.1) is 6.92 Å². The van der Waals surface area contributed by atoms with E-state index in [4.69, 9.17) is 4.74 Å². The zero-order valence-corrected chi connectivity index (χ0v) is 9.92. The number of nitrogens with zero attached hydrogens (tertiary/aromatic N) is 2. The molecule has 3 nitrogen and oxygen atoms in total. The number of benzene rings is 1. The van der Waals surface area contributed by atoms with Crippen LogP contribution < -0.4 is 4.74 Å². The molecule has 1 aromatic carbocycles. The van der Waals surface area contributed by atoms with Crippen LogP contribution in [0.5, 0.6) is 5.75 Å².